The van der Waals surface area contributed by atoms with E-state index < -0.39 is 0 Å². The molecule has 0 atom stereocenters. The zero-order valence-corrected chi connectivity index (χ0v) is 15.8. The third kappa shape index (κ3) is 3.73. The summed E-state index contributed by atoms with van der Waals surface area (Å²) in [6, 6.07) is 10.4. The minimum atomic E-state index is -0.0819. The SMILES string of the molecule is Cc1nc2nc(C)c(N3CCC(OCCc4ccccc4)CC3)c(=O)n2[nH]1. The first-order chi connectivity index (χ1) is 13.1. The van der Waals surface area contributed by atoms with E-state index in [0.29, 0.717) is 17.3 Å². The fraction of sp³-hybridized carbons (Fsp3) is 0.450. The molecule has 0 saturated carbocycles. The molecule has 4 rings (SSSR count). The maximum absolute atomic E-state index is 12.9. The number of aryl methyl sites for hydroxylation is 2. The van der Waals surface area contributed by atoms with Gasteiger partial charge in [-0.05, 0) is 38.7 Å². The van der Waals surface area contributed by atoms with Crippen LogP contribution in [0.3, 0.4) is 0 Å². The summed E-state index contributed by atoms with van der Waals surface area (Å²) in [6.45, 7) is 6.03. The number of aromatic amines is 1. The van der Waals surface area contributed by atoms with Gasteiger partial charge < -0.3 is 9.64 Å². The third-order valence-corrected chi connectivity index (χ3v) is 5.10. The van der Waals surface area contributed by atoms with Crippen molar-refractivity contribution in [1.82, 2.24) is 19.6 Å². The lowest BCUT2D eigenvalue weighted by Crippen LogP contribution is -2.41. The van der Waals surface area contributed by atoms with Crippen LogP contribution < -0.4 is 10.5 Å². The molecular formula is C20H25N5O2. The predicted octanol–water partition coefficient (Wildman–Crippen LogP) is 2.26. The minimum absolute atomic E-state index is 0.0819. The highest BCUT2D eigenvalue weighted by molar-refractivity contribution is 5.52. The summed E-state index contributed by atoms with van der Waals surface area (Å²) >= 11 is 0. The molecule has 0 unspecified atom stereocenters. The molecule has 1 aromatic carbocycles. The molecule has 142 valence electrons. The molecule has 7 heteroatoms. The fourth-order valence-corrected chi connectivity index (χ4v) is 3.72. The van der Waals surface area contributed by atoms with E-state index >= 15 is 0 Å². The maximum Gasteiger partial charge on any atom is 0.297 e. The molecule has 0 bridgehead atoms. The first-order valence-corrected chi connectivity index (χ1v) is 9.48. The Hall–Kier alpha value is -2.67. The van der Waals surface area contributed by atoms with Crippen molar-refractivity contribution in [1.29, 1.82) is 0 Å². The van der Waals surface area contributed by atoms with Gasteiger partial charge in [-0.15, -0.1) is 0 Å². The van der Waals surface area contributed by atoms with E-state index in [9.17, 15) is 4.79 Å². The van der Waals surface area contributed by atoms with Gasteiger partial charge in [0, 0.05) is 13.1 Å². The summed E-state index contributed by atoms with van der Waals surface area (Å²) in [4.78, 5) is 23.7. The smallest absolute Gasteiger partial charge is 0.297 e. The molecule has 1 N–H and O–H groups in total. The lowest BCUT2D eigenvalue weighted by molar-refractivity contribution is 0.0390. The minimum Gasteiger partial charge on any atom is -0.378 e. The second-order valence-electron chi connectivity index (χ2n) is 7.09. The Bertz CT molecular complexity index is 971. The highest BCUT2D eigenvalue weighted by Gasteiger charge is 2.24. The first kappa shape index (κ1) is 17.7. The van der Waals surface area contributed by atoms with Gasteiger partial charge in [0.2, 0.25) is 0 Å². The number of nitrogens with zero attached hydrogens (tertiary/aromatic N) is 4. The lowest BCUT2D eigenvalue weighted by Gasteiger charge is -2.33. The third-order valence-electron chi connectivity index (χ3n) is 5.10. The molecule has 2 aromatic heterocycles. The molecule has 0 spiro atoms. The van der Waals surface area contributed by atoms with Gasteiger partial charge in [-0.1, -0.05) is 30.3 Å². The van der Waals surface area contributed by atoms with Crippen LogP contribution in [-0.4, -0.2) is 45.4 Å². The summed E-state index contributed by atoms with van der Waals surface area (Å²) in [7, 11) is 0. The summed E-state index contributed by atoms with van der Waals surface area (Å²) < 4.78 is 7.49. The lowest BCUT2D eigenvalue weighted by atomic mass is 10.1. The zero-order valence-electron chi connectivity index (χ0n) is 15.8. The quantitative estimate of drug-likeness (QED) is 0.749. The average Bonchev–Trinajstić information content (AvgIpc) is 3.04. The summed E-state index contributed by atoms with van der Waals surface area (Å²) in [6.07, 6.45) is 3.01. The van der Waals surface area contributed by atoms with Crippen molar-refractivity contribution < 1.29 is 4.74 Å². The van der Waals surface area contributed by atoms with Crippen molar-refractivity contribution in [3.05, 3.63) is 57.8 Å². The number of nitrogens with one attached hydrogen (secondary N) is 1. The second kappa shape index (κ2) is 7.52. The van der Waals surface area contributed by atoms with Crippen molar-refractivity contribution in [2.24, 2.45) is 0 Å². The molecule has 1 fully saturated rings. The number of fused-ring (bicyclic) bond motifs is 1. The first-order valence-electron chi connectivity index (χ1n) is 9.48. The number of H-pyrrole nitrogens is 1. The molecule has 3 heterocycles. The topological polar surface area (TPSA) is 75.5 Å². The molecule has 7 nitrogen and oxygen atoms in total. The van der Waals surface area contributed by atoms with Crippen LogP contribution in [0.1, 0.15) is 29.9 Å². The van der Waals surface area contributed by atoms with E-state index in [1.807, 2.05) is 19.9 Å². The van der Waals surface area contributed by atoms with Crippen molar-refractivity contribution in [3.8, 4) is 0 Å². The Balaban J connectivity index is 1.38. The van der Waals surface area contributed by atoms with Crippen LogP contribution in [-0.2, 0) is 11.2 Å². The Morgan fingerprint density at radius 3 is 2.63 bits per heavy atom. The van der Waals surface area contributed by atoms with E-state index in [0.717, 1.165) is 44.7 Å². The van der Waals surface area contributed by atoms with Crippen molar-refractivity contribution in [2.45, 2.75) is 39.2 Å². The average molecular weight is 367 g/mol. The molecule has 0 amide bonds. The van der Waals surface area contributed by atoms with Gasteiger partial charge in [0.25, 0.3) is 11.3 Å². The van der Waals surface area contributed by atoms with E-state index in [-0.39, 0.29) is 11.7 Å². The van der Waals surface area contributed by atoms with Gasteiger partial charge in [-0.2, -0.15) is 9.50 Å². The van der Waals surface area contributed by atoms with Crippen LogP contribution in [0.2, 0.25) is 0 Å². The van der Waals surface area contributed by atoms with Crippen LogP contribution in [0.25, 0.3) is 5.78 Å². The number of anilines is 1. The van der Waals surface area contributed by atoms with Gasteiger partial charge in [0.05, 0.1) is 18.4 Å². The highest BCUT2D eigenvalue weighted by atomic mass is 16.5. The number of piperidine rings is 1. The van der Waals surface area contributed by atoms with Gasteiger partial charge in [-0.3, -0.25) is 9.89 Å². The number of hydrogen-bond donors (Lipinski definition) is 1. The summed E-state index contributed by atoms with van der Waals surface area (Å²) in [5.41, 5.74) is 2.61. The number of aromatic nitrogens is 4. The predicted molar refractivity (Wildman–Crippen MR) is 104 cm³/mol. The zero-order chi connectivity index (χ0) is 18.8. The van der Waals surface area contributed by atoms with E-state index in [1.165, 1.54) is 10.1 Å². The van der Waals surface area contributed by atoms with Gasteiger partial charge >= 0.3 is 0 Å². The Morgan fingerprint density at radius 2 is 1.89 bits per heavy atom. The number of rotatable bonds is 5. The molecule has 3 aromatic rings. The van der Waals surface area contributed by atoms with E-state index in [1.54, 1.807) is 0 Å². The molecule has 0 radical (unpaired) electrons. The molecule has 1 aliphatic heterocycles. The fourth-order valence-electron chi connectivity index (χ4n) is 3.72. The molecule has 27 heavy (non-hydrogen) atoms. The van der Waals surface area contributed by atoms with Gasteiger partial charge in [-0.25, -0.2) is 4.98 Å². The highest BCUT2D eigenvalue weighted by Crippen LogP contribution is 2.21. The monoisotopic (exact) mass is 367 g/mol. The van der Waals surface area contributed by atoms with Crippen LogP contribution in [0.5, 0.6) is 0 Å². The Labute approximate surface area is 158 Å². The number of benzene rings is 1. The molecule has 1 saturated heterocycles. The Morgan fingerprint density at radius 1 is 1.15 bits per heavy atom. The van der Waals surface area contributed by atoms with E-state index in [4.69, 9.17) is 4.74 Å². The maximum atomic E-state index is 12.9. The summed E-state index contributed by atoms with van der Waals surface area (Å²) in [5, 5.41) is 2.96. The normalized spacial score (nSPS) is 15.6. The van der Waals surface area contributed by atoms with Crippen LogP contribution in [0.4, 0.5) is 5.69 Å². The van der Waals surface area contributed by atoms with Crippen molar-refractivity contribution in [2.75, 3.05) is 24.6 Å². The van der Waals surface area contributed by atoms with Crippen LogP contribution in [0.15, 0.2) is 35.1 Å². The van der Waals surface area contributed by atoms with Crippen LogP contribution in [0, 0.1) is 13.8 Å². The Kier molecular flexibility index (Phi) is 4.94. The standard InChI is InChI=1S/C20H25N5O2/c1-14-18(19(26)25-20(21-14)22-15(2)23-25)24-11-8-17(9-12-24)27-13-10-16-6-4-3-5-7-16/h3-7,17H,8-13H2,1-2H3,(H,21,22,23). The molecule has 0 aliphatic carbocycles. The van der Waals surface area contributed by atoms with Gasteiger partial charge in [0.1, 0.15) is 11.5 Å². The largest absolute Gasteiger partial charge is 0.378 e. The number of hydrogen-bond acceptors (Lipinski definition) is 5. The van der Waals surface area contributed by atoms with Gasteiger partial charge in [0.15, 0.2) is 0 Å². The van der Waals surface area contributed by atoms with Crippen molar-refractivity contribution >= 4 is 11.5 Å². The molecular weight excluding hydrogens is 342 g/mol. The van der Waals surface area contributed by atoms with E-state index in [2.05, 4.69) is 44.2 Å². The number of ether oxygens (including phenoxy) is 1. The second-order valence-corrected chi connectivity index (χ2v) is 7.09. The summed E-state index contributed by atoms with van der Waals surface area (Å²) in [5.74, 6) is 1.11. The van der Waals surface area contributed by atoms with Crippen molar-refractivity contribution in [3.63, 3.8) is 0 Å². The molecule has 1 aliphatic rings. The van der Waals surface area contributed by atoms with Crippen LogP contribution >= 0.6 is 0 Å².